The second-order valence-corrected chi connectivity index (χ2v) is 14.2. The summed E-state index contributed by atoms with van der Waals surface area (Å²) in [5.74, 6) is 0. The maximum atomic E-state index is 12.4. The van der Waals surface area contributed by atoms with Crippen molar-refractivity contribution in [3.8, 4) is 5.69 Å². The molecule has 0 spiro atoms. The van der Waals surface area contributed by atoms with Crippen molar-refractivity contribution in [2.24, 2.45) is 7.05 Å². The van der Waals surface area contributed by atoms with Crippen LogP contribution in [0.1, 0.15) is 46.4 Å². The van der Waals surface area contributed by atoms with E-state index in [1.54, 1.807) is 18.4 Å². The summed E-state index contributed by atoms with van der Waals surface area (Å²) in [5.41, 5.74) is 2.53. The largest absolute Gasteiger partial charge is 0.368 e. The maximum absolute atomic E-state index is 12.4. The summed E-state index contributed by atoms with van der Waals surface area (Å²) in [6, 6.07) is 0. The van der Waals surface area contributed by atoms with Gasteiger partial charge in [-0.3, -0.25) is 0 Å². The zero-order valence-electron chi connectivity index (χ0n) is 15.4. The molecule has 2 aromatic rings. The molecule has 23 heavy (non-hydrogen) atoms. The van der Waals surface area contributed by atoms with Crippen LogP contribution in [0, 0.1) is 6.92 Å². The summed E-state index contributed by atoms with van der Waals surface area (Å²) in [6.07, 6.45) is 0. The Morgan fingerprint density at radius 2 is 1.57 bits per heavy atom. The normalized spacial score (nSPS) is 12.8. The average molecular weight is 353 g/mol. The van der Waals surface area contributed by atoms with E-state index < -0.39 is 8.07 Å². The molecule has 2 aromatic heterocycles. The highest BCUT2D eigenvalue weighted by atomic mass is 32.1. The summed E-state index contributed by atoms with van der Waals surface area (Å²) >= 11 is 1.72. The molecule has 0 saturated carbocycles. The predicted molar refractivity (Wildman–Crippen MR) is 99.9 cm³/mol. The van der Waals surface area contributed by atoms with Crippen LogP contribution in [0.15, 0.2) is 10.2 Å². The quantitative estimate of drug-likeness (QED) is 0.776. The highest BCUT2D eigenvalue weighted by Gasteiger charge is 2.47. The Bertz CT molecular complexity index is 720. The number of thiophene rings is 1. The Morgan fingerprint density at radius 1 is 1.04 bits per heavy atom. The number of hydrogen-bond acceptors (Lipinski definition) is 4. The number of nitrogens with zero attached hydrogens (tertiary/aromatic N) is 4. The second kappa shape index (κ2) is 6.35. The first kappa shape index (κ1) is 18.1. The van der Waals surface area contributed by atoms with Gasteiger partial charge in [0.25, 0.3) is 0 Å². The fraction of sp³-hybridized carbons (Fsp3) is 0.688. The highest BCUT2D eigenvalue weighted by Crippen LogP contribution is 2.43. The van der Waals surface area contributed by atoms with Crippen molar-refractivity contribution in [2.45, 2.75) is 65.1 Å². The number of aromatic nitrogens is 4. The van der Waals surface area contributed by atoms with Gasteiger partial charge in [0, 0.05) is 17.3 Å². The van der Waals surface area contributed by atoms with Crippen LogP contribution in [0.3, 0.4) is 0 Å². The van der Waals surface area contributed by atoms with Crippen LogP contribution in [0.25, 0.3) is 5.69 Å². The zero-order valence-corrected chi connectivity index (χ0v) is 17.2. The maximum Gasteiger partial charge on any atom is 0.368 e. The lowest BCUT2D eigenvalue weighted by atomic mass is 10.4. The van der Waals surface area contributed by atoms with Gasteiger partial charge in [0.05, 0.1) is 13.8 Å². The summed E-state index contributed by atoms with van der Waals surface area (Å²) in [4.78, 5) is 13.7. The molecule has 2 rings (SSSR count). The van der Waals surface area contributed by atoms with Gasteiger partial charge < -0.3 is 0 Å². The van der Waals surface area contributed by atoms with Crippen LogP contribution in [-0.4, -0.2) is 27.9 Å². The van der Waals surface area contributed by atoms with Crippen molar-refractivity contribution < 1.29 is 0 Å². The van der Waals surface area contributed by atoms with Crippen molar-refractivity contribution in [1.82, 2.24) is 19.8 Å². The van der Waals surface area contributed by atoms with Crippen LogP contribution in [0.2, 0.25) is 16.6 Å². The number of rotatable bonds is 5. The molecular weight excluding hydrogens is 324 g/mol. The van der Waals surface area contributed by atoms with Gasteiger partial charge >= 0.3 is 5.69 Å². The summed E-state index contributed by atoms with van der Waals surface area (Å²) in [6.45, 7) is 16.2. The third-order valence-corrected chi connectivity index (χ3v) is 13.5. The van der Waals surface area contributed by atoms with Gasteiger partial charge in [0.1, 0.15) is 0 Å². The monoisotopic (exact) mass is 352 g/mol. The smallest absolute Gasteiger partial charge is 0.244 e. The molecule has 0 aliphatic rings. The molecule has 0 aliphatic carbocycles. The fourth-order valence-electron chi connectivity index (χ4n) is 4.46. The van der Waals surface area contributed by atoms with Crippen molar-refractivity contribution >= 4 is 24.6 Å². The molecule has 0 atom stereocenters. The first-order chi connectivity index (χ1) is 10.7. The lowest BCUT2D eigenvalue weighted by molar-refractivity contribution is 0.693. The molecule has 0 aromatic carbocycles. The third-order valence-electron chi connectivity index (χ3n) is 5.20. The summed E-state index contributed by atoms with van der Waals surface area (Å²) in [7, 11) is -0.222. The van der Waals surface area contributed by atoms with E-state index in [4.69, 9.17) is 0 Å². The van der Waals surface area contributed by atoms with E-state index in [0.29, 0.717) is 16.6 Å². The van der Waals surface area contributed by atoms with Crippen LogP contribution in [-0.2, 0) is 7.05 Å². The Kier molecular flexibility index (Phi) is 5.01. The number of hydrogen-bond donors (Lipinski definition) is 0. The van der Waals surface area contributed by atoms with E-state index in [0.717, 1.165) is 5.69 Å². The van der Waals surface area contributed by atoms with Crippen LogP contribution in [0.4, 0.5) is 0 Å². The SMILES string of the molecule is Cc1scc(-n2nnn(C)c2=O)c1[Si](C(C)C)(C(C)C)C(C)C. The minimum Gasteiger partial charge on any atom is -0.244 e. The lowest BCUT2D eigenvalue weighted by Crippen LogP contribution is -2.57. The highest BCUT2D eigenvalue weighted by molar-refractivity contribution is 7.13. The summed E-state index contributed by atoms with van der Waals surface area (Å²) in [5, 5.41) is 11.5. The topological polar surface area (TPSA) is 52.7 Å². The van der Waals surface area contributed by atoms with Crippen LogP contribution < -0.4 is 10.9 Å². The van der Waals surface area contributed by atoms with Gasteiger partial charge in [-0.1, -0.05) is 41.5 Å². The van der Waals surface area contributed by atoms with E-state index in [2.05, 4.69) is 64.3 Å². The van der Waals surface area contributed by atoms with E-state index in [-0.39, 0.29) is 5.69 Å². The van der Waals surface area contributed by atoms with Crippen LogP contribution >= 0.6 is 11.3 Å². The van der Waals surface area contributed by atoms with Gasteiger partial charge in [0.15, 0.2) is 0 Å². The van der Waals surface area contributed by atoms with Crippen molar-refractivity contribution in [2.75, 3.05) is 0 Å². The third kappa shape index (κ3) is 2.63. The zero-order chi connectivity index (χ0) is 17.5. The molecule has 0 bridgehead atoms. The van der Waals surface area contributed by atoms with Gasteiger partial charge in [-0.25, -0.2) is 4.79 Å². The molecule has 0 saturated heterocycles. The molecule has 0 fully saturated rings. The number of tetrazole rings is 1. The minimum atomic E-state index is -1.86. The Balaban J connectivity index is 2.83. The lowest BCUT2D eigenvalue weighted by Gasteiger charge is -2.44. The molecule has 0 radical (unpaired) electrons. The molecule has 128 valence electrons. The number of aryl methyl sites for hydroxylation is 2. The fourth-order valence-corrected chi connectivity index (χ4v) is 13.0. The van der Waals surface area contributed by atoms with Gasteiger partial charge in [-0.05, 0) is 39.2 Å². The molecule has 5 nitrogen and oxygen atoms in total. The van der Waals surface area contributed by atoms with Crippen LogP contribution in [0.5, 0.6) is 0 Å². The molecule has 0 N–H and O–H groups in total. The first-order valence-electron chi connectivity index (χ1n) is 8.23. The average Bonchev–Trinajstić information content (AvgIpc) is 2.95. The Labute approximate surface area is 143 Å². The minimum absolute atomic E-state index is 0.178. The van der Waals surface area contributed by atoms with Gasteiger partial charge in [-0.2, -0.15) is 9.36 Å². The second-order valence-electron chi connectivity index (χ2n) is 7.25. The molecule has 2 heterocycles. The first-order valence-corrected chi connectivity index (χ1v) is 11.3. The van der Waals surface area contributed by atoms with Crippen molar-refractivity contribution in [1.29, 1.82) is 0 Å². The molecule has 0 unspecified atom stereocenters. The standard InChI is InChI=1S/C16H28N4OSSi/c1-10(2)23(11(3)4,12(5)6)15-13(7)22-9-14(15)20-16(21)19(8)17-18-20/h9-12H,1-8H3. The molecule has 0 amide bonds. The van der Waals surface area contributed by atoms with E-state index in [1.165, 1.54) is 19.4 Å². The molecular formula is C16H28N4OSSi. The Hall–Kier alpha value is -1.21. The summed E-state index contributed by atoms with van der Waals surface area (Å²) < 4.78 is 2.77. The van der Waals surface area contributed by atoms with Crippen molar-refractivity contribution in [3.63, 3.8) is 0 Å². The van der Waals surface area contributed by atoms with Crippen molar-refractivity contribution in [3.05, 3.63) is 20.7 Å². The van der Waals surface area contributed by atoms with E-state index >= 15 is 0 Å². The van der Waals surface area contributed by atoms with Gasteiger partial charge in [-0.15, -0.1) is 11.3 Å². The molecule has 0 aliphatic heterocycles. The van der Waals surface area contributed by atoms with Gasteiger partial charge in [0.2, 0.25) is 0 Å². The molecule has 7 heteroatoms. The van der Waals surface area contributed by atoms with E-state index in [1.807, 2.05) is 0 Å². The predicted octanol–water partition coefficient (Wildman–Crippen LogP) is 3.22. The van der Waals surface area contributed by atoms with E-state index in [9.17, 15) is 4.79 Å². The Morgan fingerprint density at radius 3 is 1.96 bits per heavy atom.